The van der Waals surface area contributed by atoms with Crippen LogP contribution in [0, 0.1) is 25.2 Å². The van der Waals surface area contributed by atoms with Crippen LogP contribution < -0.4 is 4.74 Å². The van der Waals surface area contributed by atoms with Gasteiger partial charge in [0, 0.05) is 5.56 Å². The van der Waals surface area contributed by atoms with Crippen molar-refractivity contribution in [3.8, 4) is 23.1 Å². The number of benzene rings is 1. The SMILES string of the molecule is Cc1nc(C)c(COc2cccc(-c3n[nH]nc3C#N)c2)s1. The van der Waals surface area contributed by atoms with E-state index in [1.807, 2.05) is 44.2 Å². The Bertz CT molecular complexity index is 846. The maximum Gasteiger partial charge on any atom is 0.190 e. The summed E-state index contributed by atoms with van der Waals surface area (Å²) in [4.78, 5) is 5.50. The Kier molecular flexibility index (Phi) is 3.85. The Morgan fingerprint density at radius 2 is 2.18 bits per heavy atom. The third-order valence-electron chi connectivity index (χ3n) is 3.13. The van der Waals surface area contributed by atoms with Crippen LogP contribution in [0.5, 0.6) is 5.75 Å². The molecule has 2 aromatic heterocycles. The largest absolute Gasteiger partial charge is 0.488 e. The molecule has 0 atom stereocenters. The molecule has 6 nitrogen and oxygen atoms in total. The van der Waals surface area contributed by atoms with Gasteiger partial charge in [0.2, 0.25) is 0 Å². The van der Waals surface area contributed by atoms with E-state index in [0.717, 1.165) is 26.9 Å². The van der Waals surface area contributed by atoms with Crippen molar-refractivity contribution in [2.24, 2.45) is 0 Å². The Balaban J connectivity index is 1.80. The van der Waals surface area contributed by atoms with Gasteiger partial charge in [0.15, 0.2) is 5.69 Å². The number of nitriles is 1. The normalized spacial score (nSPS) is 10.4. The lowest BCUT2D eigenvalue weighted by Crippen LogP contribution is -1.95. The molecule has 0 aliphatic carbocycles. The van der Waals surface area contributed by atoms with Gasteiger partial charge in [0.1, 0.15) is 24.1 Å². The molecule has 1 N–H and O–H groups in total. The van der Waals surface area contributed by atoms with Crippen LogP contribution in [0.3, 0.4) is 0 Å². The van der Waals surface area contributed by atoms with Crippen LogP contribution in [0.15, 0.2) is 24.3 Å². The quantitative estimate of drug-likeness (QED) is 0.800. The first-order valence-corrected chi connectivity index (χ1v) is 7.46. The molecule has 22 heavy (non-hydrogen) atoms. The molecule has 0 spiro atoms. The number of ether oxygens (including phenoxy) is 1. The molecule has 0 amide bonds. The van der Waals surface area contributed by atoms with E-state index in [9.17, 15) is 0 Å². The molecule has 0 saturated carbocycles. The van der Waals surface area contributed by atoms with Crippen molar-refractivity contribution in [3.63, 3.8) is 0 Å². The summed E-state index contributed by atoms with van der Waals surface area (Å²) >= 11 is 1.64. The highest BCUT2D eigenvalue weighted by Crippen LogP contribution is 2.25. The van der Waals surface area contributed by atoms with Gasteiger partial charge in [-0.25, -0.2) is 4.98 Å². The zero-order chi connectivity index (χ0) is 15.5. The standard InChI is InChI=1S/C15H13N5OS/c1-9-14(22-10(2)17-9)8-21-12-5-3-4-11(6-12)15-13(7-16)18-20-19-15/h3-6H,8H2,1-2H3,(H,18,19,20). The minimum Gasteiger partial charge on any atom is -0.488 e. The number of aromatic amines is 1. The van der Waals surface area contributed by atoms with E-state index in [2.05, 4.69) is 20.4 Å². The second-order valence-electron chi connectivity index (χ2n) is 4.69. The number of hydrogen-bond acceptors (Lipinski definition) is 6. The summed E-state index contributed by atoms with van der Waals surface area (Å²) in [5.41, 5.74) is 2.59. The van der Waals surface area contributed by atoms with Crippen molar-refractivity contribution < 1.29 is 4.74 Å². The highest BCUT2D eigenvalue weighted by Gasteiger charge is 2.11. The topological polar surface area (TPSA) is 87.5 Å². The van der Waals surface area contributed by atoms with Crippen LogP contribution in [0.2, 0.25) is 0 Å². The van der Waals surface area contributed by atoms with Crippen molar-refractivity contribution in [2.75, 3.05) is 0 Å². The van der Waals surface area contributed by atoms with Crippen molar-refractivity contribution >= 4 is 11.3 Å². The molecule has 7 heteroatoms. The molecule has 1 aromatic carbocycles. The van der Waals surface area contributed by atoms with E-state index in [4.69, 9.17) is 10.00 Å². The number of nitrogens with zero attached hydrogens (tertiary/aromatic N) is 4. The molecular formula is C15H13N5OS. The Morgan fingerprint density at radius 3 is 2.91 bits per heavy atom. The lowest BCUT2D eigenvalue weighted by Gasteiger charge is -2.06. The van der Waals surface area contributed by atoms with Crippen LogP contribution in [0.1, 0.15) is 21.3 Å². The zero-order valence-corrected chi connectivity index (χ0v) is 12.9. The first-order valence-electron chi connectivity index (χ1n) is 6.64. The molecule has 0 unspecified atom stereocenters. The fraction of sp³-hybridized carbons (Fsp3) is 0.200. The number of hydrogen-bond donors (Lipinski definition) is 1. The zero-order valence-electron chi connectivity index (χ0n) is 12.1. The summed E-state index contributed by atoms with van der Waals surface area (Å²) < 4.78 is 5.83. The van der Waals surface area contributed by atoms with Gasteiger partial charge in [-0.05, 0) is 26.0 Å². The average molecular weight is 311 g/mol. The van der Waals surface area contributed by atoms with E-state index < -0.39 is 0 Å². The lowest BCUT2D eigenvalue weighted by atomic mass is 10.1. The molecule has 0 bridgehead atoms. The van der Waals surface area contributed by atoms with E-state index in [1.165, 1.54) is 0 Å². The fourth-order valence-electron chi connectivity index (χ4n) is 2.10. The van der Waals surface area contributed by atoms with Gasteiger partial charge >= 0.3 is 0 Å². The number of H-pyrrole nitrogens is 1. The smallest absolute Gasteiger partial charge is 0.190 e. The molecule has 2 heterocycles. The van der Waals surface area contributed by atoms with Gasteiger partial charge in [-0.3, -0.25) is 0 Å². The Labute approximate surface area is 131 Å². The van der Waals surface area contributed by atoms with Gasteiger partial charge in [-0.2, -0.15) is 15.6 Å². The van der Waals surface area contributed by atoms with Crippen molar-refractivity contribution in [3.05, 3.63) is 45.5 Å². The molecule has 3 aromatic rings. The number of rotatable bonds is 4. The minimum atomic E-state index is 0.270. The fourth-order valence-corrected chi connectivity index (χ4v) is 2.95. The summed E-state index contributed by atoms with van der Waals surface area (Å²) in [6.07, 6.45) is 0. The van der Waals surface area contributed by atoms with Gasteiger partial charge in [0.05, 0.1) is 15.6 Å². The molecule has 0 saturated heterocycles. The molecule has 0 aliphatic rings. The summed E-state index contributed by atoms with van der Waals surface area (Å²) in [7, 11) is 0. The van der Waals surface area contributed by atoms with Gasteiger partial charge in [-0.1, -0.05) is 12.1 Å². The highest BCUT2D eigenvalue weighted by molar-refractivity contribution is 7.11. The highest BCUT2D eigenvalue weighted by atomic mass is 32.1. The van der Waals surface area contributed by atoms with E-state index in [1.54, 1.807) is 11.3 Å². The predicted molar refractivity (Wildman–Crippen MR) is 82.5 cm³/mol. The summed E-state index contributed by atoms with van der Waals surface area (Å²) in [6.45, 7) is 4.44. The van der Waals surface area contributed by atoms with Gasteiger partial charge in [0.25, 0.3) is 0 Å². The average Bonchev–Trinajstić information content (AvgIpc) is 3.11. The second kappa shape index (κ2) is 5.95. The summed E-state index contributed by atoms with van der Waals surface area (Å²) in [5.74, 6) is 0.717. The Morgan fingerprint density at radius 1 is 1.32 bits per heavy atom. The third-order valence-corrected chi connectivity index (χ3v) is 4.18. The van der Waals surface area contributed by atoms with Crippen LogP contribution >= 0.6 is 11.3 Å². The van der Waals surface area contributed by atoms with E-state index in [0.29, 0.717) is 12.3 Å². The number of thiazole rings is 1. The van der Waals surface area contributed by atoms with Gasteiger partial charge in [-0.15, -0.1) is 16.4 Å². The third kappa shape index (κ3) is 2.82. The van der Waals surface area contributed by atoms with Crippen molar-refractivity contribution in [1.82, 2.24) is 20.4 Å². The number of aryl methyl sites for hydroxylation is 2. The van der Waals surface area contributed by atoms with Crippen LogP contribution in [0.4, 0.5) is 0 Å². The second-order valence-corrected chi connectivity index (χ2v) is 5.98. The molecule has 110 valence electrons. The predicted octanol–water partition coefficient (Wildman–Crippen LogP) is 3.00. The molecule has 3 rings (SSSR count). The first-order chi connectivity index (χ1) is 10.7. The summed E-state index contributed by atoms with van der Waals surface area (Å²) in [6, 6.07) is 9.47. The maximum atomic E-state index is 9.01. The maximum absolute atomic E-state index is 9.01. The van der Waals surface area contributed by atoms with Crippen LogP contribution in [0.25, 0.3) is 11.3 Å². The van der Waals surface area contributed by atoms with Crippen LogP contribution in [-0.2, 0) is 6.61 Å². The van der Waals surface area contributed by atoms with Gasteiger partial charge < -0.3 is 4.74 Å². The molecule has 0 fully saturated rings. The van der Waals surface area contributed by atoms with Crippen molar-refractivity contribution in [1.29, 1.82) is 5.26 Å². The minimum absolute atomic E-state index is 0.270. The monoisotopic (exact) mass is 311 g/mol. The summed E-state index contributed by atoms with van der Waals surface area (Å²) in [5, 5.41) is 20.3. The molecule has 0 radical (unpaired) electrons. The van der Waals surface area contributed by atoms with Crippen molar-refractivity contribution in [2.45, 2.75) is 20.5 Å². The molecule has 0 aliphatic heterocycles. The first kappa shape index (κ1) is 14.2. The lowest BCUT2D eigenvalue weighted by molar-refractivity contribution is 0.309. The van der Waals surface area contributed by atoms with Crippen LogP contribution in [-0.4, -0.2) is 20.4 Å². The Hall–Kier alpha value is -2.72. The van der Waals surface area contributed by atoms with E-state index >= 15 is 0 Å². The molecular weight excluding hydrogens is 298 g/mol. The van der Waals surface area contributed by atoms with E-state index in [-0.39, 0.29) is 5.69 Å². The number of aromatic nitrogens is 4. The number of nitrogens with one attached hydrogen (secondary N) is 1.